The lowest BCUT2D eigenvalue weighted by molar-refractivity contribution is 0.474. The lowest BCUT2D eigenvalue weighted by Crippen LogP contribution is -1.75. The molecule has 0 aromatic heterocycles. The van der Waals surface area contributed by atoms with E-state index in [0.29, 0.717) is 0 Å². The molecule has 0 amide bonds. The van der Waals surface area contributed by atoms with Gasteiger partial charge in [0, 0.05) is 5.56 Å². The zero-order valence-electron chi connectivity index (χ0n) is 11.9. The molecule has 0 saturated heterocycles. The van der Waals surface area contributed by atoms with Gasteiger partial charge >= 0.3 is 0 Å². The summed E-state index contributed by atoms with van der Waals surface area (Å²) in [7, 11) is 0. The second-order valence-electron chi connectivity index (χ2n) is 4.54. The molecule has 0 aliphatic heterocycles. The van der Waals surface area contributed by atoms with Gasteiger partial charge in [-0.05, 0) is 22.4 Å². The standard InChI is InChI=1S/C12H10.C8H8O/c1-2-10-7-5-8-11-6-3-4-9-12(10)11;1-2-7-5-3-4-6-8(7)9/h2-9H,1H2;2-6,9H,1H2. The maximum absolute atomic E-state index is 9.04. The van der Waals surface area contributed by atoms with E-state index in [-0.39, 0.29) is 5.75 Å². The van der Waals surface area contributed by atoms with Crippen LogP contribution < -0.4 is 0 Å². The summed E-state index contributed by atoms with van der Waals surface area (Å²) < 4.78 is 0. The first kappa shape index (κ1) is 14.6. The third kappa shape index (κ3) is 3.61. The zero-order valence-corrected chi connectivity index (χ0v) is 11.9. The van der Waals surface area contributed by atoms with E-state index in [2.05, 4.69) is 55.6 Å². The van der Waals surface area contributed by atoms with Crippen LogP contribution in [0.5, 0.6) is 5.75 Å². The lowest BCUT2D eigenvalue weighted by Gasteiger charge is -1.99. The highest BCUT2D eigenvalue weighted by molar-refractivity contribution is 5.90. The van der Waals surface area contributed by atoms with E-state index in [1.165, 1.54) is 16.3 Å². The summed E-state index contributed by atoms with van der Waals surface area (Å²) in [6.07, 6.45) is 3.51. The van der Waals surface area contributed by atoms with Crippen molar-refractivity contribution in [2.45, 2.75) is 0 Å². The fourth-order valence-electron chi connectivity index (χ4n) is 2.09. The fourth-order valence-corrected chi connectivity index (χ4v) is 2.09. The number of hydrogen-bond donors (Lipinski definition) is 1. The molecule has 0 unspecified atom stereocenters. The lowest BCUT2D eigenvalue weighted by atomic mass is 10.1. The Labute approximate surface area is 125 Å². The van der Waals surface area contributed by atoms with E-state index in [9.17, 15) is 0 Å². The summed E-state index contributed by atoms with van der Waals surface area (Å²) >= 11 is 0. The Kier molecular flexibility index (Phi) is 4.94. The number of aromatic hydroxyl groups is 1. The van der Waals surface area contributed by atoms with Crippen LogP contribution in [0.25, 0.3) is 22.9 Å². The van der Waals surface area contributed by atoms with Gasteiger partial charge in [-0.2, -0.15) is 0 Å². The van der Waals surface area contributed by atoms with Gasteiger partial charge in [-0.25, -0.2) is 0 Å². The quantitative estimate of drug-likeness (QED) is 0.652. The Balaban J connectivity index is 0.000000161. The minimum absolute atomic E-state index is 0.285. The van der Waals surface area contributed by atoms with Crippen molar-refractivity contribution in [3.8, 4) is 5.75 Å². The molecular formula is C20H18O. The molecule has 0 radical (unpaired) electrons. The Bertz CT molecular complexity index is 751. The predicted molar refractivity (Wildman–Crippen MR) is 92.2 cm³/mol. The summed E-state index contributed by atoms with van der Waals surface area (Å²) in [5, 5.41) is 11.6. The van der Waals surface area contributed by atoms with Crippen LogP contribution in [0.4, 0.5) is 0 Å². The van der Waals surface area contributed by atoms with E-state index >= 15 is 0 Å². The SMILES string of the molecule is C=Cc1cccc2ccccc12.C=Cc1ccccc1O. The molecule has 3 rings (SSSR count). The Morgan fingerprint density at radius 1 is 0.667 bits per heavy atom. The minimum Gasteiger partial charge on any atom is -0.507 e. The molecule has 104 valence electrons. The number of rotatable bonds is 2. The van der Waals surface area contributed by atoms with Crippen molar-refractivity contribution >= 4 is 22.9 Å². The third-order valence-corrected chi connectivity index (χ3v) is 3.20. The molecule has 0 spiro atoms. The number of benzene rings is 3. The average molecular weight is 274 g/mol. The van der Waals surface area contributed by atoms with Crippen LogP contribution in [0.2, 0.25) is 0 Å². The molecule has 0 bridgehead atoms. The van der Waals surface area contributed by atoms with Crippen molar-refractivity contribution in [2.75, 3.05) is 0 Å². The molecule has 21 heavy (non-hydrogen) atoms. The van der Waals surface area contributed by atoms with E-state index in [1.807, 2.05) is 18.2 Å². The summed E-state index contributed by atoms with van der Waals surface area (Å²) in [5.74, 6) is 0.285. The van der Waals surface area contributed by atoms with Crippen LogP contribution in [0.3, 0.4) is 0 Å². The molecule has 0 aliphatic carbocycles. The Morgan fingerprint density at radius 2 is 1.24 bits per heavy atom. The van der Waals surface area contributed by atoms with Crippen LogP contribution in [0.1, 0.15) is 11.1 Å². The van der Waals surface area contributed by atoms with Gasteiger partial charge in [0.15, 0.2) is 0 Å². The van der Waals surface area contributed by atoms with Crippen LogP contribution in [0.15, 0.2) is 79.9 Å². The second-order valence-corrected chi connectivity index (χ2v) is 4.54. The maximum Gasteiger partial charge on any atom is 0.122 e. The molecule has 0 fully saturated rings. The highest BCUT2D eigenvalue weighted by Crippen LogP contribution is 2.18. The van der Waals surface area contributed by atoms with E-state index in [0.717, 1.165) is 5.56 Å². The van der Waals surface area contributed by atoms with E-state index < -0.39 is 0 Å². The maximum atomic E-state index is 9.04. The molecule has 1 nitrogen and oxygen atoms in total. The van der Waals surface area contributed by atoms with Crippen molar-refractivity contribution in [3.63, 3.8) is 0 Å². The first-order valence-corrected chi connectivity index (χ1v) is 6.77. The molecule has 1 N–H and O–H groups in total. The molecule has 1 heteroatoms. The van der Waals surface area contributed by atoms with Gasteiger partial charge in [-0.3, -0.25) is 0 Å². The molecule has 0 aliphatic rings. The predicted octanol–water partition coefficient (Wildman–Crippen LogP) is 5.52. The normalized spacial score (nSPS) is 9.52. The molecule has 0 saturated carbocycles. The van der Waals surface area contributed by atoms with Gasteiger partial charge < -0.3 is 5.11 Å². The summed E-state index contributed by atoms with van der Waals surface area (Å²) in [5.41, 5.74) is 1.98. The highest BCUT2D eigenvalue weighted by atomic mass is 16.3. The van der Waals surface area contributed by atoms with E-state index in [4.69, 9.17) is 5.11 Å². The summed E-state index contributed by atoms with van der Waals surface area (Å²) in [6.45, 7) is 7.31. The van der Waals surface area contributed by atoms with Crippen LogP contribution in [-0.2, 0) is 0 Å². The van der Waals surface area contributed by atoms with Gasteiger partial charge in [0.25, 0.3) is 0 Å². The highest BCUT2D eigenvalue weighted by Gasteiger charge is 1.94. The Morgan fingerprint density at radius 3 is 1.90 bits per heavy atom. The van der Waals surface area contributed by atoms with Crippen LogP contribution in [-0.4, -0.2) is 5.11 Å². The van der Waals surface area contributed by atoms with Crippen molar-refractivity contribution in [1.29, 1.82) is 0 Å². The molecule has 0 heterocycles. The van der Waals surface area contributed by atoms with Crippen molar-refractivity contribution in [2.24, 2.45) is 0 Å². The monoisotopic (exact) mass is 274 g/mol. The number of para-hydroxylation sites is 1. The average Bonchev–Trinajstić information content (AvgIpc) is 2.55. The topological polar surface area (TPSA) is 20.2 Å². The molecule has 3 aromatic carbocycles. The Hall–Kier alpha value is -2.80. The van der Waals surface area contributed by atoms with Crippen LogP contribution >= 0.6 is 0 Å². The smallest absolute Gasteiger partial charge is 0.122 e. The van der Waals surface area contributed by atoms with E-state index in [1.54, 1.807) is 18.2 Å². The molecule has 0 atom stereocenters. The minimum atomic E-state index is 0.285. The van der Waals surface area contributed by atoms with Crippen molar-refractivity contribution in [1.82, 2.24) is 0 Å². The van der Waals surface area contributed by atoms with Gasteiger partial charge in [-0.1, -0.05) is 86.0 Å². The first-order chi connectivity index (χ1) is 10.3. The largest absolute Gasteiger partial charge is 0.507 e. The number of phenolic OH excluding ortho intramolecular Hbond substituents is 1. The van der Waals surface area contributed by atoms with Gasteiger partial charge in [0.2, 0.25) is 0 Å². The zero-order chi connectivity index (χ0) is 15.1. The molecule has 3 aromatic rings. The first-order valence-electron chi connectivity index (χ1n) is 6.77. The third-order valence-electron chi connectivity index (χ3n) is 3.20. The van der Waals surface area contributed by atoms with Gasteiger partial charge in [-0.15, -0.1) is 0 Å². The molecular weight excluding hydrogens is 256 g/mol. The number of phenols is 1. The fraction of sp³-hybridized carbons (Fsp3) is 0. The second kappa shape index (κ2) is 7.11. The van der Waals surface area contributed by atoms with Gasteiger partial charge in [0.05, 0.1) is 0 Å². The van der Waals surface area contributed by atoms with Crippen LogP contribution in [0, 0.1) is 0 Å². The van der Waals surface area contributed by atoms with Crippen molar-refractivity contribution < 1.29 is 5.11 Å². The summed E-state index contributed by atoms with van der Waals surface area (Å²) in [4.78, 5) is 0. The number of fused-ring (bicyclic) bond motifs is 1. The van der Waals surface area contributed by atoms with Crippen molar-refractivity contribution in [3.05, 3.63) is 91.0 Å². The van der Waals surface area contributed by atoms with Gasteiger partial charge in [0.1, 0.15) is 5.75 Å². The number of hydrogen-bond acceptors (Lipinski definition) is 1. The summed E-state index contributed by atoms with van der Waals surface area (Å²) in [6, 6.07) is 21.7.